The Labute approximate surface area is 146 Å². The summed E-state index contributed by atoms with van der Waals surface area (Å²) in [6, 6.07) is 8.32. The summed E-state index contributed by atoms with van der Waals surface area (Å²) in [4.78, 5) is 2.21. The number of ether oxygens (including phenoxy) is 3. The van der Waals surface area contributed by atoms with Crippen LogP contribution in [0.25, 0.3) is 0 Å². The van der Waals surface area contributed by atoms with E-state index in [0.29, 0.717) is 26.4 Å². The quantitative estimate of drug-likeness (QED) is 0.796. The molecule has 0 saturated carbocycles. The minimum atomic E-state index is -0.211. The van der Waals surface area contributed by atoms with Crippen LogP contribution in [0.4, 0.5) is 5.95 Å². The highest BCUT2D eigenvalue weighted by Gasteiger charge is 2.41. The molecule has 4 rings (SSSR count). The molecule has 3 heterocycles. The summed E-state index contributed by atoms with van der Waals surface area (Å²) in [7, 11) is 1.70. The van der Waals surface area contributed by atoms with Gasteiger partial charge in [0.25, 0.3) is 0 Å². The third-order valence-electron chi connectivity index (χ3n) is 4.78. The molecule has 134 valence electrons. The number of tetrazole rings is 1. The summed E-state index contributed by atoms with van der Waals surface area (Å²) in [5.74, 6) is 0.788. The Bertz CT molecular complexity index is 697. The number of rotatable bonds is 5. The topological polar surface area (TPSA) is 74.5 Å². The second-order valence-electron chi connectivity index (χ2n) is 6.64. The van der Waals surface area contributed by atoms with Gasteiger partial charge in [-0.2, -0.15) is 0 Å². The number of aromatic nitrogens is 4. The van der Waals surface area contributed by atoms with E-state index < -0.39 is 0 Å². The largest absolute Gasteiger partial charge is 0.380 e. The average molecular weight is 345 g/mol. The summed E-state index contributed by atoms with van der Waals surface area (Å²) >= 11 is 0. The van der Waals surface area contributed by atoms with Crippen LogP contribution in [0.1, 0.15) is 17.5 Å². The lowest BCUT2D eigenvalue weighted by Gasteiger charge is -2.39. The van der Waals surface area contributed by atoms with Crippen molar-refractivity contribution in [3.05, 3.63) is 35.4 Å². The third kappa shape index (κ3) is 3.51. The van der Waals surface area contributed by atoms with Gasteiger partial charge in [-0.25, -0.2) is 4.68 Å². The highest BCUT2D eigenvalue weighted by molar-refractivity contribution is 5.32. The molecule has 0 amide bonds. The SMILES string of the molecule is COCc1ccc(Cn2nnnc2N2CCOC3(CCOC3)C2)cc1. The smallest absolute Gasteiger partial charge is 0.246 e. The molecule has 25 heavy (non-hydrogen) atoms. The van der Waals surface area contributed by atoms with E-state index in [1.165, 1.54) is 0 Å². The Hall–Kier alpha value is -2.03. The fraction of sp³-hybridized carbons (Fsp3) is 0.588. The molecule has 2 aromatic rings. The molecule has 2 saturated heterocycles. The number of methoxy groups -OCH3 is 1. The first-order chi connectivity index (χ1) is 12.3. The van der Waals surface area contributed by atoms with E-state index in [1.807, 2.05) is 4.68 Å². The highest BCUT2D eigenvalue weighted by Crippen LogP contribution is 2.29. The van der Waals surface area contributed by atoms with Gasteiger partial charge in [-0.15, -0.1) is 0 Å². The summed E-state index contributed by atoms with van der Waals surface area (Å²) in [5.41, 5.74) is 2.09. The molecule has 1 aromatic heterocycles. The maximum Gasteiger partial charge on any atom is 0.246 e. The first-order valence-corrected chi connectivity index (χ1v) is 8.58. The van der Waals surface area contributed by atoms with Crippen LogP contribution in [0.15, 0.2) is 24.3 Å². The molecule has 2 aliphatic rings. The van der Waals surface area contributed by atoms with Crippen LogP contribution >= 0.6 is 0 Å². The summed E-state index contributed by atoms with van der Waals surface area (Å²) in [6.45, 7) is 4.88. The standard InChI is InChI=1S/C17H23N5O3/c1-23-11-15-4-2-14(3-5-15)10-22-16(18-19-20-22)21-7-9-25-17(12-21)6-8-24-13-17/h2-5H,6-13H2,1H3. The van der Waals surface area contributed by atoms with Crippen molar-refractivity contribution < 1.29 is 14.2 Å². The number of hydrogen-bond acceptors (Lipinski definition) is 7. The minimum Gasteiger partial charge on any atom is -0.380 e. The normalized spacial score (nSPS) is 23.5. The molecule has 8 heteroatoms. The van der Waals surface area contributed by atoms with E-state index in [1.54, 1.807) is 7.11 Å². The Balaban J connectivity index is 1.48. The van der Waals surface area contributed by atoms with Crippen molar-refractivity contribution in [3.8, 4) is 0 Å². The lowest BCUT2D eigenvalue weighted by atomic mass is 10.0. The van der Waals surface area contributed by atoms with Crippen molar-refractivity contribution in [2.75, 3.05) is 44.9 Å². The molecule has 1 aromatic carbocycles. The van der Waals surface area contributed by atoms with Crippen molar-refractivity contribution in [2.24, 2.45) is 0 Å². The van der Waals surface area contributed by atoms with Gasteiger partial charge < -0.3 is 19.1 Å². The fourth-order valence-electron chi connectivity index (χ4n) is 3.45. The monoisotopic (exact) mass is 345 g/mol. The van der Waals surface area contributed by atoms with Crippen LogP contribution in [0.2, 0.25) is 0 Å². The van der Waals surface area contributed by atoms with Gasteiger partial charge in [0.05, 0.1) is 32.9 Å². The summed E-state index contributed by atoms with van der Waals surface area (Å²) < 4.78 is 18.5. The van der Waals surface area contributed by atoms with Gasteiger partial charge in [-0.3, -0.25) is 0 Å². The molecule has 0 bridgehead atoms. The van der Waals surface area contributed by atoms with Crippen molar-refractivity contribution in [1.82, 2.24) is 20.2 Å². The van der Waals surface area contributed by atoms with Crippen LogP contribution in [-0.2, 0) is 27.4 Å². The second kappa shape index (κ2) is 7.07. The molecule has 2 fully saturated rings. The van der Waals surface area contributed by atoms with Crippen molar-refractivity contribution >= 4 is 5.95 Å². The maximum absolute atomic E-state index is 5.99. The first-order valence-electron chi connectivity index (χ1n) is 8.58. The minimum absolute atomic E-state index is 0.211. The Kier molecular flexibility index (Phi) is 4.65. The zero-order valence-electron chi connectivity index (χ0n) is 14.4. The maximum atomic E-state index is 5.99. The zero-order valence-corrected chi connectivity index (χ0v) is 14.4. The predicted octanol–water partition coefficient (Wildman–Crippen LogP) is 0.863. The highest BCUT2D eigenvalue weighted by atomic mass is 16.6. The molecule has 2 aliphatic heterocycles. The van der Waals surface area contributed by atoms with E-state index in [0.717, 1.165) is 43.2 Å². The summed E-state index contributed by atoms with van der Waals surface area (Å²) in [6.07, 6.45) is 0.923. The molecule has 1 atom stereocenters. The Morgan fingerprint density at radius 3 is 2.80 bits per heavy atom. The molecule has 1 unspecified atom stereocenters. The summed E-state index contributed by atoms with van der Waals surface area (Å²) in [5, 5.41) is 12.3. The number of benzene rings is 1. The predicted molar refractivity (Wildman–Crippen MR) is 90.4 cm³/mol. The van der Waals surface area contributed by atoms with E-state index in [4.69, 9.17) is 14.2 Å². The van der Waals surface area contributed by atoms with Gasteiger partial charge in [-0.1, -0.05) is 29.4 Å². The average Bonchev–Trinajstić information content (AvgIpc) is 3.27. The van der Waals surface area contributed by atoms with Crippen molar-refractivity contribution in [2.45, 2.75) is 25.2 Å². The third-order valence-corrected chi connectivity index (χ3v) is 4.78. The lowest BCUT2D eigenvalue weighted by molar-refractivity contribution is -0.0584. The molecule has 0 N–H and O–H groups in total. The van der Waals surface area contributed by atoms with Gasteiger partial charge in [-0.05, 0) is 21.6 Å². The first kappa shape index (κ1) is 16.4. The Morgan fingerprint density at radius 2 is 2.04 bits per heavy atom. The van der Waals surface area contributed by atoms with E-state index in [-0.39, 0.29) is 5.60 Å². The van der Waals surface area contributed by atoms with Gasteiger partial charge in [0.2, 0.25) is 5.95 Å². The zero-order chi connectivity index (χ0) is 17.1. The molecule has 0 radical (unpaired) electrons. The van der Waals surface area contributed by atoms with Crippen LogP contribution in [-0.4, -0.2) is 65.8 Å². The molecule has 0 aliphatic carbocycles. The van der Waals surface area contributed by atoms with Crippen molar-refractivity contribution in [1.29, 1.82) is 0 Å². The van der Waals surface area contributed by atoms with Crippen LogP contribution in [0.3, 0.4) is 0 Å². The van der Waals surface area contributed by atoms with Crippen LogP contribution in [0, 0.1) is 0 Å². The van der Waals surface area contributed by atoms with E-state index in [2.05, 4.69) is 44.7 Å². The lowest BCUT2D eigenvalue weighted by Crippen LogP contribution is -2.53. The van der Waals surface area contributed by atoms with Crippen LogP contribution < -0.4 is 4.90 Å². The van der Waals surface area contributed by atoms with E-state index >= 15 is 0 Å². The number of morpholine rings is 1. The number of hydrogen-bond donors (Lipinski definition) is 0. The van der Waals surface area contributed by atoms with E-state index in [9.17, 15) is 0 Å². The Morgan fingerprint density at radius 1 is 1.20 bits per heavy atom. The number of anilines is 1. The van der Waals surface area contributed by atoms with Gasteiger partial charge in [0.1, 0.15) is 5.60 Å². The van der Waals surface area contributed by atoms with Gasteiger partial charge in [0.15, 0.2) is 0 Å². The van der Waals surface area contributed by atoms with Gasteiger partial charge in [0, 0.05) is 26.7 Å². The van der Waals surface area contributed by atoms with Crippen molar-refractivity contribution in [3.63, 3.8) is 0 Å². The fourth-order valence-corrected chi connectivity index (χ4v) is 3.45. The molecular formula is C17H23N5O3. The number of nitrogens with zero attached hydrogens (tertiary/aromatic N) is 5. The van der Waals surface area contributed by atoms with Gasteiger partial charge >= 0.3 is 0 Å². The second-order valence-corrected chi connectivity index (χ2v) is 6.64. The molecule has 8 nitrogen and oxygen atoms in total. The van der Waals surface area contributed by atoms with Crippen LogP contribution in [0.5, 0.6) is 0 Å². The molecule has 1 spiro atoms. The molecular weight excluding hydrogens is 322 g/mol.